The van der Waals surface area contributed by atoms with Crippen LogP contribution in [0.3, 0.4) is 0 Å². The number of carbonyl (C=O) groups is 1. The maximum atomic E-state index is 10.8. The summed E-state index contributed by atoms with van der Waals surface area (Å²) in [5.41, 5.74) is 2.50. The first-order chi connectivity index (χ1) is 13.1. The van der Waals surface area contributed by atoms with Crippen LogP contribution in [0.4, 0.5) is 0 Å². The van der Waals surface area contributed by atoms with Crippen molar-refractivity contribution in [2.75, 3.05) is 13.2 Å². The molecule has 1 heterocycles. The lowest BCUT2D eigenvalue weighted by Crippen LogP contribution is -2.29. The summed E-state index contributed by atoms with van der Waals surface area (Å²) in [6.45, 7) is 5.19. The number of carboxylic acid groups (broad SMARTS) is 1. The molecule has 1 aromatic carbocycles. The molecule has 2 aliphatic rings. The molecule has 0 amide bonds. The largest absolute Gasteiger partial charge is 0.482 e. The molecule has 0 aromatic heterocycles. The molecule has 1 aliphatic carbocycles. The molecule has 150 valence electrons. The fourth-order valence-corrected chi connectivity index (χ4v) is 4.76. The van der Waals surface area contributed by atoms with Crippen molar-refractivity contribution in [1.82, 2.24) is 0 Å². The molecule has 1 fully saturated rings. The number of rotatable bonds is 10. The first-order valence-electron chi connectivity index (χ1n) is 10.7. The molecule has 4 atom stereocenters. The number of aliphatic carboxylic acids is 1. The van der Waals surface area contributed by atoms with E-state index >= 15 is 0 Å². The van der Waals surface area contributed by atoms with Crippen molar-refractivity contribution >= 4 is 5.97 Å². The second kappa shape index (κ2) is 9.59. The van der Waals surface area contributed by atoms with Gasteiger partial charge in [-0.25, -0.2) is 4.79 Å². The molecule has 27 heavy (non-hydrogen) atoms. The van der Waals surface area contributed by atoms with Crippen molar-refractivity contribution in [2.45, 2.75) is 71.3 Å². The maximum absolute atomic E-state index is 10.8. The molecule has 1 aromatic rings. The summed E-state index contributed by atoms with van der Waals surface area (Å²) in [6, 6.07) is 6.05. The summed E-state index contributed by atoms with van der Waals surface area (Å²) in [6.07, 6.45) is 10.1. The first kappa shape index (κ1) is 20.2. The van der Waals surface area contributed by atoms with E-state index in [1.165, 1.54) is 49.7 Å². The average Bonchev–Trinajstić information content (AvgIpc) is 3.05. The van der Waals surface area contributed by atoms with Crippen LogP contribution in [-0.4, -0.2) is 30.4 Å². The first-order valence-corrected chi connectivity index (χ1v) is 10.7. The van der Waals surface area contributed by atoms with Gasteiger partial charge in [-0.1, -0.05) is 51.7 Å². The zero-order chi connectivity index (χ0) is 19.2. The number of carboxylic acids is 1. The molecule has 0 radical (unpaired) electrons. The molecule has 1 aliphatic heterocycles. The van der Waals surface area contributed by atoms with E-state index in [-0.39, 0.29) is 6.61 Å². The third kappa shape index (κ3) is 5.25. The minimum atomic E-state index is -0.932. The molecule has 4 nitrogen and oxygen atoms in total. The lowest BCUT2D eigenvalue weighted by atomic mass is 9.74. The van der Waals surface area contributed by atoms with Crippen LogP contribution in [0.5, 0.6) is 5.75 Å². The van der Waals surface area contributed by atoms with Gasteiger partial charge >= 0.3 is 5.97 Å². The summed E-state index contributed by atoms with van der Waals surface area (Å²) < 4.78 is 11.7. The van der Waals surface area contributed by atoms with Gasteiger partial charge in [0.2, 0.25) is 0 Å². The van der Waals surface area contributed by atoms with Crippen LogP contribution in [0.25, 0.3) is 0 Å². The second-order valence-electron chi connectivity index (χ2n) is 8.46. The number of ether oxygens (including phenoxy) is 2. The van der Waals surface area contributed by atoms with E-state index in [0.717, 1.165) is 31.1 Å². The molecule has 1 N–H and O–H groups in total. The van der Waals surface area contributed by atoms with Crippen molar-refractivity contribution in [3.05, 3.63) is 29.3 Å². The van der Waals surface area contributed by atoms with E-state index in [4.69, 9.17) is 14.6 Å². The highest BCUT2D eigenvalue weighted by atomic mass is 16.5. The SMILES string of the molecule is CCCCCC(C)CC[C@H]1OC[C@@H]2Cc3c(cccc3OCC(=O)O)C[C@@H]21. The lowest BCUT2D eigenvalue weighted by molar-refractivity contribution is -0.139. The Labute approximate surface area is 163 Å². The molecular weight excluding hydrogens is 340 g/mol. The standard InChI is InChI=1S/C23H34O4/c1-3-4-5-7-16(2)10-11-22-20-12-17-8-6-9-21(27-15-23(24)25)19(17)13-18(20)14-26-22/h6,8-9,16,18,20,22H,3-5,7,10-15H2,1-2H3,(H,24,25)/t16?,18-,20-,22+/m0/s1. The molecular formula is C23H34O4. The van der Waals surface area contributed by atoms with Crippen LogP contribution in [-0.2, 0) is 22.4 Å². The lowest BCUT2D eigenvalue weighted by Gasteiger charge is -2.30. The zero-order valence-corrected chi connectivity index (χ0v) is 16.8. The van der Waals surface area contributed by atoms with Gasteiger partial charge in [0, 0.05) is 0 Å². The molecule has 4 heteroatoms. The van der Waals surface area contributed by atoms with E-state index in [1.54, 1.807) is 0 Å². The molecule has 0 spiro atoms. The van der Waals surface area contributed by atoms with Gasteiger partial charge in [0.15, 0.2) is 6.61 Å². The zero-order valence-electron chi connectivity index (χ0n) is 16.8. The van der Waals surface area contributed by atoms with Crippen LogP contribution in [0.2, 0.25) is 0 Å². The fourth-order valence-electron chi connectivity index (χ4n) is 4.76. The van der Waals surface area contributed by atoms with Crippen LogP contribution >= 0.6 is 0 Å². The summed E-state index contributed by atoms with van der Waals surface area (Å²) in [5.74, 6) is 1.72. The van der Waals surface area contributed by atoms with Crippen molar-refractivity contribution in [1.29, 1.82) is 0 Å². The number of benzene rings is 1. The van der Waals surface area contributed by atoms with E-state index < -0.39 is 5.97 Å². The second-order valence-corrected chi connectivity index (χ2v) is 8.46. The molecule has 0 bridgehead atoms. The van der Waals surface area contributed by atoms with Crippen LogP contribution in [0, 0.1) is 17.8 Å². The number of fused-ring (bicyclic) bond motifs is 2. The molecule has 0 saturated carbocycles. The van der Waals surface area contributed by atoms with Crippen molar-refractivity contribution in [2.24, 2.45) is 17.8 Å². The van der Waals surface area contributed by atoms with Gasteiger partial charge < -0.3 is 14.6 Å². The van der Waals surface area contributed by atoms with Gasteiger partial charge in [-0.2, -0.15) is 0 Å². The maximum Gasteiger partial charge on any atom is 0.341 e. The van der Waals surface area contributed by atoms with Gasteiger partial charge in [0.05, 0.1) is 12.7 Å². The Balaban J connectivity index is 1.57. The summed E-state index contributed by atoms with van der Waals surface area (Å²) in [5, 5.41) is 8.89. The summed E-state index contributed by atoms with van der Waals surface area (Å²) >= 11 is 0. The van der Waals surface area contributed by atoms with Gasteiger partial charge in [-0.15, -0.1) is 0 Å². The Morgan fingerprint density at radius 3 is 2.93 bits per heavy atom. The van der Waals surface area contributed by atoms with Gasteiger partial charge in [0.1, 0.15) is 5.75 Å². The van der Waals surface area contributed by atoms with Crippen molar-refractivity contribution < 1.29 is 19.4 Å². The molecule has 1 unspecified atom stereocenters. The predicted octanol–water partition coefficient (Wildman–Crippen LogP) is 4.88. The monoisotopic (exact) mass is 374 g/mol. The fraction of sp³-hybridized carbons (Fsp3) is 0.696. The highest BCUT2D eigenvalue weighted by molar-refractivity contribution is 5.68. The highest BCUT2D eigenvalue weighted by Crippen LogP contribution is 2.42. The predicted molar refractivity (Wildman–Crippen MR) is 106 cm³/mol. The Kier molecular flexibility index (Phi) is 7.17. The van der Waals surface area contributed by atoms with Crippen molar-refractivity contribution in [3.63, 3.8) is 0 Å². The highest BCUT2D eigenvalue weighted by Gasteiger charge is 2.40. The molecule has 3 rings (SSSR count). The van der Waals surface area contributed by atoms with Crippen LogP contribution in [0.1, 0.15) is 63.5 Å². The Hall–Kier alpha value is -1.55. The van der Waals surface area contributed by atoms with Gasteiger partial charge in [-0.3, -0.25) is 0 Å². The van der Waals surface area contributed by atoms with Gasteiger partial charge in [0.25, 0.3) is 0 Å². The van der Waals surface area contributed by atoms with E-state index in [0.29, 0.717) is 17.9 Å². The van der Waals surface area contributed by atoms with E-state index in [2.05, 4.69) is 19.9 Å². The summed E-state index contributed by atoms with van der Waals surface area (Å²) in [4.78, 5) is 10.8. The third-order valence-corrected chi connectivity index (χ3v) is 6.36. The van der Waals surface area contributed by atoms with Crippen LogP contribution < -0.4 is 4.74 Å². The normalized spacial score (nSPS) is 24.9. The Morgan fingerprint density at radius 2 is 2.15 bits per heavy atom. The van der Waals surface area contributed by atoms with E-state index in [9.17, 15) is 4.79 Å². The smallest absolute Gasteiger partial charge is 0.341 e. The third-order valence-electron chi connectivity index (χ3n) is 6.36. The Bertz CT molecular complexity index is 627. The number of unbranched alkanes of at least 4 members (excludes halogenated alkanes) is 2. The van der Waals surface area contributed by atoms with Crippen LogP contribution in [0.15, 0.2) is 18.2 Å². The number of hydrogen-bond donors (Lipinski definition) is 1. The minimum Gasteiger partial charge on any atom is -0.482 e. The minimum absolute atomic E-state index is 0.278. The topological polar surface area (TPSA) is 55.8 Å². The average molecular weight is 375 g/mol. The van der Waals surface area contributed by atoms with E-state index in [1.807, 2.05) is 12.1 Å². The molecule has 1 saturated heterocycles. The Morgan fingerprint density at radius 1 is 1.30 bits per heavy atom. The quantitative estimate of drug-likeness (QED) is 0.593. The number of hydrogen-bond acceptors (Lipinski definition) is 3. The summed E-state index contributed by atoms with van der Waals surface area (Å²) in [7, 11) is 0. The van der Waals surface area contributed by atoms with Crippen molar-refractivity contribution in [3.8, 4) is 5.75 Å². The van der Waals surface area contributed by atoms with Gasteiger partial charge in [-0.05, 0) is 60.6 Å².